The molecule has 0 amide bonds. The number of carbonyl (C=O) groups is 1. The van der Waals surface area contributed by atoms with Crippen molar-refractivity contribution in [3.05, 3.63) is 35.9 Å². The van der Waals surface area contributed by atoms with Gasteiger partial charge in [-0.25, -0.2) is 0 Å². The largest absolute Gasteiger partial charge is 0.299 e. The van der Waals surface area contributed by atoms with Gasteiger partial charge in [0, 0.05) is 12.3 Å². The average molecular weight is 246 g/mol. The summed E-state index contributed by atoms with van der Waals surface area (Å²) in [7, 11) is 0. The number of hydrogen-bond acceptors (Lipinski definition) is 1. The second kappa shape index (κ2) is 8.91. The Kier molecular flexibility index (Phi) is 7.40. The van der Waals surface area contributed by atoms with Crippen LogP contribution in [0.2, 0.25) is 0 Å². The van der Waals surface area contributed by atoms with Crippen molar-refractivity contribution in [2.75, 3.05) is 0 Å². The van der Waals surface area contributed by atoms with Crippen LogP contribution in [-0.2, 0) is 11.2 Å². The summed E-state index contributed by atoms with van der Waals surface area (Å²) in [5.74, 6) is 0.668. The van der Waals surface area contributed by atoms with E-state index in [1.165, 1.54) is 31.2 Å². The minimum absolute atomic E-state index is 0.241. The summed E-state index contributed by atoms with van der Waals surface area (Å²) in [5.41, 5.74) is 1.27. The Morgan fingerprint density at radius 2 is 1.83 bits per heavy atom. The van der Waals surface area contributed by atoms with Gasteiger partial charge in [-0.2, -0.15) is 0 Å². The number of ketones is 1. The first-order valence-corrected chi connectivity index (χ1v) is 7.30. The maximum atomic E-state index is 12.0. The fraction of sp³-hybridized carbons (Fsp3) is 0.588. The number of carbonyl (C=O) groups excluding carboxylic acids is 1. The van der Waals surface area contributed by atoms with Crippen LogP contribution in [0.3, 0.4) is 0 Å². The number of aryl methyl sites for hydroxylation is 1. The molecule has 0 aliphatic carbocycles. The van der Waals surface area contributed by atoms with E-state index in [1.54, 1.807) is 0 Å². The molecular formula is C17H26O. The summed E-state index contributed by atoms with van der Waals surface area (Å²) in [6.45, 7) is 4.30. The number of rotatable bonds is 9. The van der Waals surface area contributed by atoms with Crippen LogP contribution in [0.25, 0.3) is 0 Å². The highest BCUT2D eigenvalue weighted by atomic mass is 16.1. The summed E-state index contributed by atoms with van der Waals surface area (Å²) in [6.07, 6.45) is 7.67. The van der Waals surface area contributed by atoms with Gasteiger partial charge in [-0.1, -0.05) is 69.9 Å². The fourth-order valence-corrected chi connectivity index (χ4v) is 2.20. The lowest BCUT2D eigenvalue weighted by atomic mass is 9.94. The molecule has 0 heterocycles. The lowest BCUT2D eigenvalue weighted by Crippen LogP contribution is -2.11. The molecule has 0 unspecified atom stereocenters. The maximum Gasteiger partial charge on any atom is 0.136 e. The third-order valence-electron chi connectivity index (χ3n) is 3.54. The summed E-state index contributed by atoms with van der Waals surface area (Å²) in [4.78, 5) is 12.0. The zero-order chi connectivity index (χ0) is 13.2. The summed E-state index contributed by atoms with van der Waals surface area (Å²) in [5, 5.41) is 0. The lowest BCUT2D eigenvalue weighted by Gasteiger charge is -2.10. The predicted octanol–water partition coefficient (Wildman–Crippen LogP) is 4.79. The molecule has 0 aromatic heterocycles. The van der Waals surface area contributed by atoms with Crippen molar-refractivity contribution in [1.29, 1.82) is 0 Å². The minimum atomic E-state index is 0.241. The molecule has 18 heavy (non-hydrogen) atoms. The predicted molar refractivity (Wildman–Crippen MR) is 77.7 cm³/mol. The molecule has 0 spiro atoms. The third kappa shape index (κ3) is 6.00. The Morgan fingerprint density at radius 1 is 1.11 bits per heavy atom. The highest BCUT2D eigenvalue weighted by Crippen LogP contribution is 2.14. The SMILES string of the molecule is CCCCCC[C@H](C)C(=O)CCc1ccccc1. The van der Waals surface area contributed by atoms with Crippen LogP contribution < -0.4 is 0 Å². The van der Waals surface area contributed by atoms with Crippen LogP contribution in [0.5, 0.6) is 0 Å². The molecular weight excluding hydrogens is 220 g/mol. The van der Waals surface area contributed by atoms with Gasteiger partial charge >= 0.3 is 0 Å². The van der Waals surface area contributed by atoms with E-state index in [1.807, 2.05) is 18.2 Å². The zero-order valence-corrected chi connectivity index (χ0v) is 11.8. The molecule has 0 radical (unpaired) electrons. The Balaban J connectivity index is 2.19. The summed E-state index contributed by atoms with van der Waals surface area (Å²) in [6, 6.07) is 10.3. The van der Waals surface area contributed by atoms with Gasteiger partial charge in [0.15, 0.2) is 0 Å². The van der Waals surface area contributed by atoms with Crippen LogP contribution in [0.1, 0.15) is 57.9 Å². The molecule has 0 saturated carbocycles. The van der Waals surface area contributed by atoms with Gasteiger partial charge in [0.25, 0.3) is 0 Å². The highest BCUT2D eigenvalue weighted by Gasteiger charge is 2.12. The molecule has 0 aliphatic rings. The Labute approximate surface area is 112 Å². The van der Waals surface area contributed by atoms with Crippen LogP contribution in [0.15, 0.2) is 30.3 Å². The molecule has 0 aliphatic heterocycles. The van der Waals surface area contributed by atoms with Gasteiger partial charge in [-0.15, -0.1) is 0 Å². The highest BCUT2D eigenvalue weighted by molar-refractivity contribution is 5.80. The monoisotopic (exact) mass is 246 g/mol. The fourth-order valence-electron chi connectivity index (χ4n) is 2.20. The van der Waals surface area contributed by atoms with Crippen molar-refractivity contribution in [2.45, 2.75) is 58.8 Å². The van der Waals surface area contributed by atoms with E-state index in [-0.39, 0.29) is 5.92 Å². The van der Waals surface area contributed by atoms with Gasteiger partial charge < -0.3 is 0 Å². The molecule has 1 heteroatoms. The standard InChI is InChI=1S/C17H26O/c1-3-4-5-7-10-15(2)17(18)14-13-16-11-8-6-9-12-16/h6,8-9,11-12,15H,3-5,7,10,13-14H2,1-2H3/t15-/m0/s1. The smallest absolute Gasteiger partial charge is 0.136 e. The van der Waals surface area contributed by atoms with Gasteiger partial charge in [-0.3, -0.25) is 4.79 Å². The van der Waals surface area contributed by atoms with Crippen LogP contribution in [0, 0.1) is 5.92 Å². The van der Waals surface area contributed by atoms with E-state index in [2.05, 4.69) is 26.0 Å². The first kappa shape index (κ1) is 14.9. The van der Waals surface area contributed by atoms with Crippen molar-refractivity contribution >= 4 is 5.78 Å². The van der Waals surface area contributed by atoms with E-state index in [0.717, 1.165) is 12.8 Å². The normalized spacial score (nSPS) is 12.3. The number of hydrogen-bond donors (Lipinski definition) is 0. The molecule has 1 aromatic rings. The molecule has 1 aromatic carbocycles. The van der Waals surface area contributed by atoms with Crippen LogP contribution in [0.4, 0.5) is 0 Å². The Hall–Kier alpha value is -1.11. The topological polar surface area (TPSA) is 17.1 Å². The molecule has 0 fully saturated rings. The van der Waals surface area contributed by atoms with E-state index in [0.29, 0.717) is 12.2 Å². The van der Waals surface area contributed by atoms with E-state index in [9.17, 15) is 4.79 Å². The van der Waals surface area contributed by atoms with E-state index in [4.69, 9.17) is 0 Å². The number of unbranched alkanes of at least 4 members (excludes halogenated alkanes) is 3. The van der Waals surface area contributed by atoms with Crippen molar-refractivity contribution < 1.29 is 4.79 Å². The molecule has 100 valence electrons. The molecule has 1 atom stereocenters. The van der Waals surface area contributed by atoms with Gasteiger partial charge in [0.1, 0.15) is 5.78 Å². The van der Waals surface area contributed by atoms with Crippen molar-refractivity contribution in [3.63, 3.8) is 0 Å². The average Bonchev–Trinajstić information content (AvgIpc) is 2.42. The van der Waals surface area contributed by atoms with Crippen molar-refractivity contribution in [3.8, 4) is 0 Å². The minimum Gasteiger partial charge on any atom is -0.299 e. The van der Waals surface area contributed by atoms with Gasteiger partial charge in [0.2, 0.25) is 0 Å². The maximum absolute atomic E-state index is 12.0. The molecule has 0 saturated heterocycles. The van der Waals surface area contributed by atoms with Crippen molar-refractivity contribution in [2.24, 2.45) is 5.92 Å². The summed E-state index contributed by atoms with van der Waals surface area (Å²) >= 11 is 0. The first-order chi connectivity index (χ1) is 8.74. The lowest BCUT2D eigenvalue weighted by molar-refractivity contribution is -0.122. The second-order valence-electron chi connectivity index (χ2n) is 5.20. The van der Waals surface area contributed by atoms with Crippen LogP contribution in [-0.4, -0.2) is 5.78 Å². The second-order valence-corrected chi connectivity index (χ2v) is 5.20. The zero-order valence-electron chi connectivity index (χ0n) is 11.8. The Morgan fingerprint density at radius 3 is 2.50 bits per heavy atom. The summed E-state index contributed by atoms with van der Waals surface area (Å²) < 4.78 is 0. The van der Waals surface area contributed by atoms with E-state index >= 15 is 0 Å². The quantitative estimate of drug-likeness (QED) is 0.572. The van der Waals surface area contributed by atoms with Crippen molar-refractivity contribution in [1.82, 2.24) is 0 Å². The number of Topliss-reactive ketones (excluding diaryl/α,β-unsaturated/α-hetero) is 1. The first-order valence-electron chi connectivity index (χ1n) is 7.30. The number of benzene rings is 1. The molecule has 1 nitrogen and oxygen atoms in total. The molecule has 0 bridgehead atoms. The Bertz CT molecular complexity index is 329. The van der Waals surface area contributed by atoms with Gasteiger partial charge in [0.05, 0.1) is 0 Å². The van der Waals surface area contributed by atoms with Gasteiger partial charge in [-0.05, 0) is 18.4 Å². The molecule has 1 rings (SSSR count). The molecule has 0 N–H and O–H groups in total. The van der Waals surface area contributed by atoms with E-state index < -0.39 is 0 Å². The third-order valence-corrected chi connectivity index (χ3v) is 3.54. The van der Waals surface area contributed by atoms with Crippen LogP contribution >= 0.6 is 0 Å².